The summed E-state index contributed by atoms with van der Waals surface area (Å²) in [6, 6.07) is 34.5. The number of aryl methyl sites for hydroxylation is 2. The lowest BCUT2D eigenvalue weighted by Crippen LogP contribution is -2.17. The summed E-state index contributed by atoms with van der Waals surface area (Å²) in [6.45, 7) is 3.38. The molecular formula is C54H44Br2F4N4O8. The lowest BCUT2D eigenvalue weighted by Gasteiger charge is -2.18. The number of carbonyl (C=O) groups is 3. The fraction of sp³-hybridized carbons (Fsp3) is 0.130. The average molecular weight is 1110 g/mol. The van der Waals surface area contributed by atoms with Crippen LogP contribution in [0.3, 0.4) is 0 Å². The molecule has 72 heavy (non-hydrogen) atoms. The van der Waals surface area contributed by atoms with E-state index in [9.17, 15) is 37.1 Å². The first-order valence-corrected chi connectivity index (χ1v) is 23.3. The monoisotopic (exact) mass is 1110 g/mol. The van der Waals surface area contributed by atoms with Gasteiger partial charge in [-0.1, -0.05) is 31.9 Å². The summed E-state index contributed by atoms with van der Waals surface area (Å²) in [5, 5.41) is 12.3. The van der Waals surface area contributed by atoms with Gasteiger partial charge in [-0.15, -0.1) is 0 Å². The number of rotatable bonds is 15. The van der Waals surface area contributed by atoms with E-state index in [0.717, 1.165) is 49.8 Å². The lowest BCUT2D eigenvalue weighted by atomic mass is 10.1. The van der Waals surface area contributed by atoms with Crippen LogP contribution < -0.4 is 20.5 Å². The number of carboxylic acids is 1. The highest BCUT2D eigenvalue weighted by Gasteiger charge is 2.20. The molecule has 1 amide bonds. The number of carboxylic acid groups (broad SMARTS) is 1. The number of anilines is 2. The van der Waals surface area contributed by atoms with E-state index in [1.165, 1.54) is 44.6 Å². The summed E-state index contributed by atoms with van der Waals surface area (Å²) in [5.41, 5.74) is 13.2. The van der Waals surface area contributed by atoms with Crippen molar-refractivity contribution in [3.05, 3.63) is 199 Å². The highest BCUT2D eigenvalue weighted by Crippen LogP contribution is 2.39. The Morgan fingerprint density at radius 1 is 0.611 bits per heavy atom. The number of nitrogens with two attached hydrogens (primary N) is 1. The maximum absolute atomic E-state index is 14.2. The molecule has 0 aliphatic carbocycles. The fourth-order valence-electron chi connectivity index (χ4n) is 7.69. The molecule has 2 aromatic heterocycles. The van der Waals surface area contributed by atoms with Crippen LogP contribution in [-0.4, -0.2) is 52.9 Å². The van der Waals surface area contributed by atoms with E-state index in [1.54, 1.807) is 42.5 Å². The number of halogens is 6. The van der Waals surface area contributed by atoms with Crippen LogP contribution in [-0.2, 0) is 27.5 Å². The van der Waals surface area contributed by atoms with E-state index in [2.05, 4.69) is 37.2 Å². The minimum absolute atomic E-state index is 0.0215. The summed E-state index contributed by atoms with van der Waals surface area (Å²) in [6.07, 6.45) is 0. The molecule has 4 N–H and O–H groups in total. The molecule has 0 atom stereocenters. The minimum atomic E-state index is -1.16. The number of amides is 1. The molecule has 0 saturated carbocycles. The lowest BCUT2D eigenvalue weighted by molar-refractivity contribution is -0.119. The van der Waals surface area contributed by atoms with Crippen molar-refractivity contribution in [1.29, 1.82) is 0 Å². The molecule has 370 valence electrons. The van der Waals surface area contributed by atoms with Gasteiger partial charge in [0.15, 0.2) is 0 Å². The number of nitrogens with one attached hydrogen (secondary N) is 1. The summed E-state index contributed by atoms with van der Waals surface area (Å²) < 4.78 is 81.8. The van der Waals surface area contributed by atoms with E-state index in [4.69, 9.17) is 24.7 Å². The van der Waals surface area contributed by atoms with Crippen molar-refractivity contribution >= 4 is 61.1 Å². The number of nitrogens with zero attached hydrogens (tertiary/aromatic N) is 2. The zero-order valence-corrected chi connectivity index (χ0v) is 42.0. The second-order valence-corrected chi connectivity index (χ2v) is 17.9. The molecule has 0 spiro atoms. The molecule has 8 rings (SSSR count). The zero-order chi connectivity index (χ0) is 51.8. The number of methoxy groups -OCH3 is 2. The molecule has 0 aliphatic heterocycles. The van der Waals surface area contributed by atoms with Gasteiger partial charge in [-0.25, -0.2) is 27.2 Å². The van der Waals surface area contributed by atoms with Gasteiger partial charge >= 0.3 is 11.9 Å². The maximum atomic E-state index is 14.2. The van der Waals surface area contributed by atoms with Crippen molar-refractivity contribution in [2.24, 2.45) is 0 Å². The smallest absolute Gasteiger partial charge is 0.337 e. The number of esters is 1. The van der Waals surface area contributed by atoms with Crippen molar-refractivity contribution in [3.8, 4) is 45.4 Å². The highest BCUT2D eigenvalue weighted by molar-refractivity contribution is 9.10. The first-order valence-electron chi connectivity index (χ1n) is 21.7. The molecule has 0 unspecified atom stereocenters. The second-order valence-electron chi connectivity index (χ2n) is 16.1. The third-order valence-corrected chi connectivity index (χ3v) is 12.0. The first kappa shape index (κ1) is 52.2. The largest absolute Gasteiger partial charge is 0.488 e. The molecule has 12 nitrogen and oxygen atoms in total. The molecule has 0 fully saturated rings. The molecule has 8 aromatic rings. The quantitative estimate of drug-likeness (QED) is 0.0517. The number of hydrogen-bond acceptors (Lipinski definition) is 8. The molecule has 0 radical (unpaired) electrons. The van der Waals surface area contributed by atoms with E-state index in [0.29, 0.717) is 51.1 Å². The molecular weight excluding hydrogens is 1070 g/mol. The van der Waals surface area contributed by atoms with Crippen molar-refractivity contribution in [2.45, 2.75) is 27.1 Å². The Morgan fingerprint density at radius 2 is 1.11 bits per heavy atom. The Bertz CT molecular complexity index is 3340. The zero-order valence-electron chi connectivity index (χ0n) is 38.9. The van der Waals surface area contributed by atoms with Crippen LogP contribution in [0.1, 0.15) is 43.2 Å². The third-order valence-electron chi connectivity index (χ3n) is 11.0. The standard InChI is InChI=1S/C28H23BrF2N2O5.C26H21BrF2N2O3/c1-16-3-7-25(33(16)22-10-18(28(35)36)9-21(13-22)32-27(34)15-37-2)23-11-19(29)5-8-26(23)38-14-17-4-6-20(30)12-24(17)31;1-15-3-7-24(31(15)21-10-17(26(32)33-2)9-20(30)13-21)22-11-18(27)5-8-25(22)34-14-16-4-6-19(28)12-23(16)29/h3-13H,14-15H2,1-2H3,(H,32,34)(H,35,36);3-13H,14,30H2,1-2H3. The Balaban J connectivity index is 0.000000213. The first-order chi connectivity index (χ1) is 34.4. The number of nitrogen functional groups attached to an aromatic ring is 1. The molecule has 6 aromatic carbocycles. The SMILES string of the molecule is COC(=O)c1cc(N)cc(-n2c(C)ccc2-c2cc(Br)ccc2OCc2ccc(F)cc2F)c1.COCC(=O)Nc1cc(C(=O)O)cc(-n2c(C)ccc2-c2cc(Br)ccc2OCc2ccc(F)cc2F)c1. The topological polar surface area (TPSA) is 156 Å². The van der Waals surface area contributed by atoms with Gasteiger partial charge in [0.1, 0.15) is 54.6 Å². The Labute approximate surface area is 427 Å². The van der Waals surface area contributed by atoms with Gasteiger partial charge in [0.25, 0.3) is 0 Å². The van der Waals surface area contributed by atoms with Gasteiger partial charge in [0.2, 0.25) is 5.91 Å². The minimum Gasteiger partial charge on any atom is -0.488 e. The van der Waals surface area contributed by atoms with Crippen molar-refractivity contribution in [1.82, 2.24) is 9.13 Å². The molecule has 0 saturated heterocycles. The summed E-state index contributed by atoms with van der Waals surface area (Å²) in [5.74, 6) is -3.85. The van der Waals surface area contributed by atoms with Crippen molar-refractivity contribution in [3.63, 3.8) is 0 Å². The third kappa shape index (κ3) is 12.4. The maximum Gasteiger partial charge on any atom is 0.337 e. The van der Waals surface area contributed by atoms with Crippen LogP contribution in [0, 0.1) is 37.1 Å². The number of aromatic nitrogens is 2. The van der Waals surface area contributed by atoms with Gasteiger partial charge < -0.3 is 44.2 Å². The number of aromatic carboxylic acids is 1. The molecule has 2 heterocycles. The van der Waals surface area contributed by atoms with Gasteiger partial charge in [0.05, 0.1) is 29.6 Å². The molecule has 18 heteroatoms. The van der Waals surface area contributed by atoms with Crippen LogP contribution in [0.4, 0.5) is 28.9 Å². The average Bonchev–Trinajstić information content (AvgIpc) is 3.93. The van der Waals surface area contributed by atoms with Gasteiger partial charge in [-0.05, 0) is 135 Å². The Kier molecular flexibility index (Phi) is 16.7. The number of benzene rings is 6. The van der Waals surface area contributed by atoms with Crippen LogP contribution >= 0.6 is 31.9 Å². The molecule has 0 bridgehead atoms. The Morgan fingerprint density at radius 3 is 1.58 bits per heavy atom. The van der Waals surface area contributed by atoms with Gasteiger partial charge in [-0.2, -0.15) is 0 Å². The summed E-state index contributed by atoms with van der Waals surface area (Å²) in [4.78, 5) is 36.1. The number of carbonyl (C=O) groups excluding carboxylic acids is 2. The summed E-state index contributed by atoms with van der Waals surface area (Å²) >= 11 is 6.98. The Hall–Kier alpha value is -7.67. The van der Waals surface area contributed by atoms with Crippen molar-refractivity contribution < 1.29 is 56.0 Å². The van der Waals surface area contributed by atoms with E-state index in [-0.39, 0.29) is 36.5 Å². The predicted octanol–water partition coefficient (Wildman–Crippen LogP) is 12.8. The van der Waals surface area contributed by atoms with Crippen LogP contribution in [0.15, 0.2) is 142 Å². The number of ether oxygens (including phenoxy) is 4. The van der Waals surface area contributed by atoms with Crippen LogP contribution in [0.5, 0.6) is 11.5 Å². The highest BCUT2D eigenvalue weighted by atomic mass is 79.9. The normalized spacial score (nSPS) is 10.9. The van der Waals surface area contributed by atoms with Gasteiger partial charge in [0, 0.05) is 84.6 Å². The van der Waals surface area contributed by atoms with E-state index in [1.807, 2.05) is 65.4 Å². The summed E-state index contributed by atoms with van der Waals surface area (Å²) in [7, 11) is 2.70. The second kappa shape index (κ2) is 23.0. The number of hydrogen-bond donors (Lipinski definition) is 3. The van der Waals surface area contributed by atoms with Crippen molar-refractivity contribution in [2.75, 3.05) is 31.9 Å². The van der Waals surface area contributed by atoms with Gasteiger partial charge in [-0.3, -0.25) is 4.79 Å². The van der Waals surface area contributed by atoms with E-state index < -0.39 is 41.1 Å². The van der Waals surface area contributed by atoms with E-state index >= 15 is 0 Å². The molecule has 0 aliphatic rings. The predicted molar refractivity (Wildman–Crippen MR) is 272 cm³/mol. The van der Waals surface area contributed by atoms with Crippen LogP contribution in [0.25, 0.3) is 33.9 Å². The van der Waals surface area contributed by atoms with Crippen LogP contribution in [0.2, 0.25) is 0 Å². The fourth-order valence-corrected chi connectivity index (χ4v) is 8.41.